The van der Waals surface area contributed by atoms with Gasteiger partial charge in [0.2, 0.25) is 0 Å². The summed E-state index contributed by atoms with van der Waals surface area (Å²) in [6.07, 6.45) is 2.24. The molecule has 0 amide bonds. The van der Waals surface area contributed by atoms with Gasteiger partial charge in [-0.05, 0) is 32.8 Å². The molecule has 1 aliphatic heterocycles. The number of rotatable bonds is 3. The highest BCUT2D eigenvalue weighted by molar-refractivity contribution is 9.09. The minimum absolute atomic E-state index is 0.321. The van der Waals surface area contributed by atoms with Crippen molar-refractivity contribution in [2.24, 2.45) is 5.41 Å². The normalized spacial score (nSPS) is 19.9. The average molecular weight is 287 g/mol. The highest BCUT2D eigenvalue weighted by atomic mass is 79.9. The molecule has 16 heavy (non-hydrogen) atoms. The van der Waals surface area contributed by atoms with Gasteiger partial charge in [0.1, 0.15) is 0 Å². The zero-order valence-corrected chi connectivity index (χ0v) is 11.6. The summed E-state index contributed by atoms with van der Waals surface area (Å²) in [5, 5.41) is 5.58. The summed E-state index contributed by atoms with van der Waals surface area (Å²) in [7, 11) is 0. The van der Waals surface area contributed by atoms with Crippen molar-refractivity contribution in [3.63, 3.8) is 0 Å². The fourth-order valence-corrected chi connectivity index (χ4v) is 3.03. The van der Waals surface area contributed by atoms with E-state index in [1.165, 1.54) is 5.69 Å². The van der Waals surface area contributed by atoms with Crippen molar-refractivity contribution in [3.8, 4) is 0 Å². The number of ether oxygens (including phenoxy) is 1. The minimum atomic E-state index is 0.321. The molecule has 0 unspecified atom stereocenters. The van der Waals surface area contributed by atoms with Crippen LogP contribution in [0.3, 0.4) is 0 Å². The molecule has 2 rings (SSSR count). The van der Waals surface area contributed by atoms with Crippen LogP contribution in [0.25, 0.3) is 0 Å². The fraction of sp³-hybridized carbons (Fsp3) is 0.750. The van der Waals surface area contributed by atoms with Crippen molar-refractivity contribution in [3.05, 3.63) is 17.5 Å². The Labute approximate surface area is 105 Å². The van der Waals surface area contributed by atoms with Crippen molar-refractivity contribution in [2.75, 3.05) is 18.5 Å². The molecule has 0 bridgehead atoms. The monoisotopic (exact) mass is 286 g/mol. The highest BCUT2D eigenvalue weighted by Gasteiger charge is 2.32. The molecule has 1 fully saturated rings. The van der Waals surface area contributed by atoms with Crippen LogP contribution in [0, 0.1) is 19.3 Å². The van der Waals surface area contributed by atoms with Crippen LogP contribution in [-0.2, 0) is 11.3 Å². The van der Waals surface area contributed by atoms with Gasteiger partial charge in [-0.15, -0.1) is 0 Å². The number of nitrogens with zero attached hydrogens (tertiary/aromatic N) is 2. The summed E-state index contributed by atoms with van der Waals surface area (Å²) in [6.45, 7) is 6.94. The van der Waals surface area contributed by atoms with Crippen molar-refractivity contribution < 1.29 is 4.74 Å². The molecule has 1 aliphatic rings. The molecular weight excluding hydrogens is 268 g/mol. The van der Waals surface area contributed by atoms with E-state index in [9.17, 15) is 0 Å². The van der Waals surface area contributed by atoms with Gasteiger partial charge in [-0.2, -0.15) is 5.10 Å². The second kappa shape index (κ2) is 4.88. The molecule has 4 heteroatoms. The first-order valence-corrected chi connectivity index (χ1v) is 6.92. The maximum atomic E-state index is 5.45. The number of aryl methyl sites for hydroxylation is 2. The first-order valence-electron chi connectivity index (χ1n) is 5.80. The molecule has 0 N–H and O–H groups in total. The van der Waals surface area contributed by atoms with Gasteiger partial charge in [0.15, 0.2) is 0 Å². The number of hydrogen-bond acceptors (Lipinski definition) is 2. The number of aromatic nitrogens is 2. The van der Waals surface area contributed by atoms with Gasteiger partial charge in [-0.1, -0.05) is 15.9 Å². The molecule has 0 radical (unpaired) electrons. The van der Waals surface area contributed by atoms with Crippen molar-refractivity contribution >= 4 is 15.9 Å². The summed E-state index contributed by atoms with van der Waals surface area (Å²) in [6, 6.07) is 2.14. The van der Waals surface area contributed by atoms with Crippen LogP contribution in [-0.4, -0.2) is 28.3 Å². The van der Waals surface area contributed by atoms with Gasteiger partial charge < -0.3 is 4.74 Å². The standard InChI is InChI=1S/C12H19BrN2O/c1-10-7-11(2)15(14-10)9-12(8-13)3-5-16-6-4-12/h7H,3-6,8-9H2,1-2H3. The van der Waals surface area contributed by atoms with Gasteiger partial charge in [0.05, 0.1) is 5.69 Å². The molecule has 1 aromatic rings. The molecule has 90 valence electrons. The van der Waals surface area contributed by atoms with Crippen LogP contribution in [0.4, 0.5) is 0 Å². The zero-order valence-electron chi connectivity index (χ0n) is 10.0. The Bertz CT molecular complexity index is 356. The molecule has 0 aromatic carbocycles. The highest BCUT2D eigenvalue weighted by Crippen LogP contribution is 2.34. The zero-order chi connectivity index (χ0) is 11.6. The lowest BCUT2D eigenvalue weighted by molar-refractivity contribution is 0.0166. The second-order valence-corrected chi connectivity index (χ2v) is 5.39. The summed E-state index contributed by atoms with van der Waals surface area (Å²) in [5.74, 6) is 0. The van der Waals surface area contributed by atoms with Crippen LogP contribution < -0.4 is 0 Å². The molecule has 1 saturated heterocycles. The maximum absolute atomic E-state index is 5.45. The summed E-state index contributed by atoms with van der Waals surface area (Å²) < 4.78 is 7.59. The summed E-state index contributed by atoms with van der Waals surface area (Å²) >= 11 is 3.66. The number of halogens is 1. The third-order valence-electron chi connectivity index (χ3n) is 3.43. The Morgan fingerprint density at radius 1 is 1.44 bits per heavy atom. The van der Waals surface area contributed by atoms with Gasteiger partial charge >= 0.3 is 0 Å². The van der Waals surface area contributed by atoms with E-state index >= 15 is 0 Å². The van der Waals surface area contributed by atoms with Crippen LogP contribution >= 0.6 is 15.9 Å². The van der Waals surface area contributed by atoms with Gasteiger partial charge in [0.25, 0.3) is 0 Å². The van der Waals surface area contributed by atoms with Crippen molar-refractivity contribution in [1.82, 2.24) is 9.78 Å². The summed E-state index contributed by atoms with van der Waals surface area (Å²) in [4.78, 5) is 0. The fourth-order valence-electron chi connectivity index (χ4n) is 2.29. The average Bonchev–Trinajstić information content (AvgIpc) is 2.59. The van der Waals surface area contributed by atoms with Crippen LogP contribution in [0.5, 0.6) is 0 Å². The Hall–Kier alpha value is -0.350. The lowest BCUT2D eigenvalue weighted by atomic mass is 9.82. The van der Waals surface area contributed by atoms with E-state index in [0.717, 1.165) is 43.6 Å². The summed E-state index contributed by atoms with van der Waals surface area (Å²) in [5.41, 5.74) is 2.68. The van der Waals surface area contributed by atoms with E-state index in [1.54, 1.807) is 0 Å². The molecule has 0 spiro atoms. The SMILES string of the molecule is Cc1cc(C)n(CC2(CBr)CCOCC2)n1. The lowest BCUT2D eigenvalue weighted by Gasteiger charge is -2.35. The van der Waals surface area contributed by atoms with E-state index in [0.29, 0.717) is 5.41 Å². The lowest BCUT2D eigenvalue weighted by Crippen LogP contribution is -2.36. The van der Waals surface area contributed by atoms with Crippen molar-refractivity contribution in [1.29, 1.82) is 0 Å². The van der Waals surface area contributed by atoms with E-state index < -0.39 is 0 Å². The van der Waals surface area contributed by atoms with E-state index in [2.05, 4.69) is 38.7 Å². The molecule has 0 atom stereocenters. The minimum Gasteiger partial charge on any atom is -0.381 e. The Morgan fingerprint density at radius 3 is 2.62 bits per heavy atom. The van der Waals surface area contributed by atoms with Gasteiger partial charge in [-0.25, -0.2) is 0 Å². The first kappa shape index (κ1) is 12.1. The Kier molecular flexibility index (Phi) is 3.70. The van der Waals surface area contributed by atoms with Crippen LogP contribution in [0.15, 0.2) is 6.07 Å². The Morgan fingerprint density at radius 2 is 2.12 bits per heavy atom. The second-order valence-electron chi connectivity index (χ2n) is 4.83. The van der Waals surface area contributed by atoms with Crippen LogP contribution in [0.1, 0.15) is 24.2 Å². The molecule has 0 saturated carbocycles. The molecular formula is C12H19BrN2O. The van der Waals surface area contributed by atoms with E-state index in [1.807, 2.05) is 6.92 Å². The van der Waals surface area contributed by atoms with Crippen molar-refractivity contribution in [2.45, 2.75) is 33.2 Å². The van der Waals surface area contributed by atoms with Gasteiger partial charge in [-0.3, -0.25) is 4.68 Å². The first-order chi connectivity index (χ1) is 7.65. The Balaban J connectivity index is 2.14. The predicted molar refractivity (Wildman–Crippen MR) is 68.0 cm³/mol. The third kappa shape index (κ3) is 2.48. The topological polar surface area (TPSA) is 27.1 Å². The number of alkyl halides is 1. The largest absolute Gasteiger partial charge is 0.381 e. The van der Waals surface area contributed by atoms with Gasteiger partial charge in [0, 0.05) is 36.2 Å². The molecule has 3 nitrogen and oxygen atoms in total. The van der Waals surface area contributed by atoms with E-state index in [4.69, 9.17) is 4.74 Å². The van der Waals surface area contributed by atoms with E-state index in [-0.39, 0.29) is 0 Å². The molecule has 1 aromatic heterocycles. The molecule has 0 aliphatic carbocycles. The predicted octanol–water partition coefficient (Wildman–Crippen LogP) is 2.69. The number of hydrogen-bond donors (Lipinski definition) is 0. The van der Waals surface area contributed by atoms with Crippen LogP contribution in [0.2, 0.25) is 0 Å². The smallest absolute Gasteiger partial charge is 0.0596 e. The molecule has 2 heterocycles. The quantitative estimate of drug-likeness (QED) is 0.799. The maximum Gasteiger partial charge on any atom is 0.0596 e. The third-order valence-corrected chi connectivity index (χ3v) is 4.61.